The number of nitrogens with zero attached hydrogens (tertiary/aromatic N) is 2. The third-order valence-electron chi connectivity index (χ3n) is 2.01. The number of aliphatic imine (C=N–C) groups is 1. The number of benzene rings is 1. The second-order valence-electron chi connectivity index (χ2n) is 2.98. The summed E-state index contributed by atoms with van der Waals surface area (Å²) in [6.07, 6.45) is 3.54. The fourth-order valence-electron chi connectivity index (χ4n) is 1.27. The van der Waals surface area contributed by atoms with E-state index in [1.165, 1.54) is 0 Å². The number of para-hydroxylation sites is 1. The van der Waals surface area contributed by atoms with Gasteiger partial charge in [0.1, 0.15) is 5.82 Å². The molecular weight excluding hydrogens is 198 g/mol. The highest BCUT2D eigenvalue weighted by Gasteiger charge is 2.08. The van der Waals surface area contributed by atoms with E-state index in [1.54, 1.807) is 6.34 Å². The first-order chi connectivity index (χ1) is 6.77. The first-order valence-electron chi connectivity index (χ1n) is 4.28. The van der Waals surface area contributed by atoms with Crippen molar-refractivity contribution in [2.45, 2.75) is 0 Å². The van der Waals surface area contributed by atoms with E-state index in [1.807, 2.05) is 35.2 Å². The van der Waals surface area contributed by atoms with E-state index in [9.17, 15) is 0 Å². The monoisotopic (exact) mass is 207 g/mol. The van der Waals surface area contributed by atoms with Crippen molar-refractivity contribution in [2.75, 3.05) is 11.4 Å². The molecule has 2 N–H and O–H groups in total. The Morgan fingerprint density at radius 1 is 1.36 bits per heavy atom. The van der Waals surface area contributed by atoms with Crippen molar-refractivity contribution in [3.05, 3.63) is 41.2 Å². The van der Waals surface area contributed by atoms with Gasteiger partial charge in [0.15, 0.2) is 0 Å². The quantitative estimate of drug-likeness (QED) is 0.765. The van der Waals surface area contributed by atoms with E-state index in [2.05, 4.69) is 4.99 Å². The predicted molar refractivity (Wildman–Crippen MR) is 59.6 cm³/mol. The van der Waals surface area contributed by atoms with Gasteiger partial charge >= 0.3 is 0 Å². The number of rotatable bonds is 1. The summed E-state index contributed by atoms with van der Waals surface area (Å²) in [5, 5.41) is 0.716. The topological polar surface area (TPSA) is 41.6 Å². The lowest BCUT2D eigenvalue weighted by atomic mass is 10.3. The van der Waals surface area contributed by atoms with Crippen molar-refractivity contribution in [2.24, 2.45) is 10.7 Å². The number of hydrogen-bond donors (Lipinski definition) is 1. The maximum absolute atomic E-state index is 6.04. The number of hydrogen-bond acceptors (Lipinski definition) is 3. The van der Waals surface area contributed by atoms with Crippen molar-refractivity contribution in [1.82, 2.24) is 0 Å². The summed E-state index contributed by atoms with van der Waals surface area (Å²) >= 11 is 6.04. The van der Waals surface area contributed by atoms with Crippen LogP contribution in [0.25, 0.3) is 0 Å². The van der Waals surface area contributed by atoms with Gasteiger partial charge in [-0.2, -0.15) is 0 Å². The Hall–Kier alpha value is -1.48. The van der Waals surface area contributed by atoms with Crippen molar-refractivity contribution >= 4 is 23.6 Å². The van der Waals surface area contributed by atoms with Crippen LogP contribution in [0, 0.1) is 0 Å². The van der Waals surface area contributed by atoms with Gasteiger partial charge in [0.05, 0.1) is 17.0 Å². The van der Waals surface area contributed by atoms with Gasteiger partial charge in [0.2, 0.25) is 0 Å². The smallest absolute Gasteiger partial charge is 0.122 e. The van der Waals surface area contributed by atoms with E-state index in [4.69, 9.17) is 17.3 Å². The van der Waals surface area contributed by atoms with Crippen molar-refractivity contribution in [3.8, 4) is 0 Å². The molecule has 1 aromatic rings. The lowest BCUT2D eigenvalue weighted by Crippen LogP contribution is -2.25. The maximum Gasteiger partial charge on any atom is 0.122 e. The molecule has 1 aliphatic heterocycles. The SMILES string of the molecule is NC1=CCN(c2ccccc2Cl)C=N1. The molecule has 1 aromatic carbocycles. The summed E-state index contributed by atoms with van der Waals surface area (Å²) in [5.41, 5.74) is 6.46. The molecule has 1 aliphatic rings. The van der Waals surface area contributed by atoms with Crippen LogP contribution in [0.2, 0.25) is 5.02 Å². The van der Waals surface area contributed by atoms with Crippen LogP contribution >= 0.6 is 11.6 Å². The van der Waals surface area contributed by atoms with Gasteiger partial charge in [-0.25, -0.2) is 4.99 Å². The molecule has 1 heterocycles. The lowest BCUT2D eigenvalue weighted by molar-refractivity contribution is 1.07. The second-order valence-corrected chi connectivity index (χ2v) is 3.38. The zero-order valence-electron chi connectivity index (χ0n) is 7.52. The molecule has 0 atom stereocenters. The highest BCUT2D eigenvalue weighted by molar-refractivity contribution is 6.33. The minimum absolute atomic E-state index is 0.549. The number of anilines is 1. The fourth-order valence-corrected chi connectivity index (χ4v) is 1.52. The fraction of sp³-hybridized carbons (Fsp3) is 0.100. The van der Waals surface area contributed by atoms with Gasteiger partial charge in [-0.05, 0) is 18.2 Å². The summed E-state index contributed by atoms with van der Waals surface area (Å²) in [6, 6.07) is 7.64. The Balaban J connectivity index is 2.26. The van der Waals surface area contributed by atoms with Crippen molar-refractivity contribution in [1.29, 1.82) is 0 Å². The highest BCUT2D eigenvalue weighted by Crippen LogP contribution is 2.24. The van der Waals surface area contributed by atoms with Gasteiger partial charge in [0, 0.05) is 6.54 Å². The minimum atomic E-state index is 0.549. The molecule has 0 unspecified atom stereocenters. The third kappa shape index (κ3) is 1.72. The molecule has 72 valence electrons. The van der Waals surface area contributed by atoms with Crippen molar-refractivity contribution in [3.63, 3.8) is 0 Å². The molecule has 0 radical (unpaired) electrons. The molecule has 0 spiro atoms. The Bertz CT molecular complexity index is 398. The Morgan fingerprint density at radius 3 is 2.79 bits per heavy atom. The molecule has 0 bridgehead atoms. The molecule has 4 heteroatoms. The third-order valence-corrected chi connectivity index (χ3v) is 2.32. The zero-order chi connectivity index (χ0) is 9.97. The van der Waals surface area contributed by atoms with Crippen LogP contribution in [0.3, 0.4) is 0 Å². The molecule has 0 saturated heterocycles. The number of nitrogens with two attached hydrogens (primary N) is 1. The van der Waals surface area contributed by atoms with Crippen molar-refractivity contribution < 1.29 is 0 Å². The van der Waals surface area contributed by atoms with Crippen LogP contribution in [0.5, 0.6) is 0 Å². The van der Waals surface area contributed by atoms with Crippen LogP contribution in [-0.4, -0.2) is 12.9 Å². The molecule has 2 rings (SSSR count). The number of halogens is 1. The average molecular weight is 208 g/mol. The first kappa shape index (κ1) is 9.09. The van der Waals surface area contributed by atoms with Crippen LogP contribution in [0.1, 0.15) is 0 Å². The van der Waals surface area contributed by atoms with E-state index in [0.717, 1.165) is 5.69 Å². The molecule has 0 aliphatic carbocycles. The second kappa shape index (κ2) is 3.72. The first-order valence-corrected chi connectivity index (χ1v) is 4.66. The van der Waals surface area contributed by atoms with Crippen LogP contribution in [0.15, 0.2) is 41.2 Å². The largest absolute Gasteiger partial charge is 0.384 e. The maximum atomic E-state index is 6.04. The molecule has 0 fully saturated rings. The molecule has 0 saturated carbocycles. The van der Waals surface area contributed by atoms with E-state index >= 15 is 0 Å². The molecule has 0 aromatic heterocycles. The van der Waals surface area contributed by atoms with Gasteiger partial charge in [-0.3, -0.25) is 0 Å². The molecule has 0 amide bonds. The summed E-state index contributed by atoms with van der Waals surface area (Å²) in [5.74, 6) is 0.549. The summed E-state index contributed by atoms with van der Waals surface area (Å²) in [6.45, 7) is 0.707. The Kier molecular flexibility index (Phi) is 2.41. The van der Waals surface area contributed by atoms with Crippen LogP contribution in [-0.2, 0) is 0 Å². The summed E-state index contributed by atoms with van der Waals surface area (Å²) in [7, 11) is 0. The van der Waals surface area contributed by atoms with E-state index in [0.29, 0.717) is 17.4 Å². The summed E-state index contributed by atoms with van der Waals surface area (Å²) < 4.78 is 0. The van der Waals surface area contributed by atoms with Crippen LogP contribution < -0.4 is 10.6 Å². The Labute approximate surface area is 87.5 Å². The van der Waals surface area contributed by atoms with Crippen LogP contribution in [0.4, 0.5) is 5.69 Å². The summed E-state index contributed by atoms with van der Waals surface area (Å²) in [4.78, 5) is 5.95. The predicted octanol–water partition coefficient (Wildman–Crippen LogP) is 1.99. The van der Waals surface area contributed by atoms with Gasteiger partial charge in [-0.1, -0.05) is 23.7 Å². The van der Waals surface area contributed by atoms with Gasteiger partial charge < -0.3 is 10.6 Å². The van der Waals surface area contributed by atoms with Gasteiger partial charge in [0.25, 0.3) is 0 Å². The lowest BCUT2D eigenvalue weighted by Gasteiger charge is -2.21. The zero-order valence-corrected chi connectivity index (χ0v) is 8.28. The standard InChI is InChI=1S/C10H10ClN3/c11-8-3-1-2-4-9(8)14-6-5-10(12)13-7-14/h1-5,7H,6,12H2. The minimum Gasteiger partial charge on any atom is -0.384 e. The average Bonchev–Trinajstić information content (AvgIpc) is 2.20. The molecular formula is C10H10ClN3. The molecule has 3 nitrogen and oxygen atoms in total. The highest BCUT2D eigenvalue weighted by atomic mass is 35.5. The van der Waals surface area contributed by atoms with E-state index < -0.39 is 0 Å². The van der Waals surface area contributed by atoms with E-state index in [-0.39, 0.29) is 0 Å². The normalized spacial score (nSPS) is 15.5. The Morgan fingerprint density at radius 2 is 2.14 bits per heavy atom. The van der Waals surface area contributed by atoms with Gasteiger partial charge in [-0.15, -0.1) is 0 Å². The molecule has 14 heavy (non-hydrogen) atoms.